The molecule has 1 aromatic heterocycles. The van der Waals surface area contributed by atoms with Gasteiger partial charge in [0.05, 0.1) is 0 Å². The normalized spacial score (nSPS) is 17.7. The number of hydrogen-bond donors (Lipinski definition) is 1. The van der Waals surface area contributed by atoms with E-state index < -0.39 is 5.41 Å². The van der Waals surface area contributed by atoms with Crippen LogP contribution >= 0.6 is 0 Å². The van der Waals surface area contributed by atoms with Gasteiger partial charge in [-0.2, -0.15) is 0 Å². The standard InChI is InChI=1S/C23H28N4O2/c1-3-18-8-6-7-17(2)20(18)25-21(28)23(10-11-23)22(29)27-15-13-26(14-16-27)19-9-4-5-12-24-19/h4-9,12H,3,10-11,13-16H2,1-2H3,(H,25,28). The number of amides is 2. The highest BCUT2D eigenvalue weighted by Gasteiger charge is 2.58. The van der Waals surface area contributed by atoms with Crippen molar-refractivity contribution in [1.29, 1.82) is 0 Å². The van der Waals surface area contributed by atoms with Crippen LogP contribution in [0, 0.1) is 12.3 Å². The maximum Gasteiger partial charge on any atom is 0.240 e. The van der Waals surface area contributed by atoms with E-state index in [2.05, 4.69) is 22.1 Å². The van der Waals surface area contributed by atoms with Crippen LogP contribution in [0.25, 0.3) is 0 Å². The lowest BCUT2D eigenvalue weighted by atomic mass is 10.0. The number of carbonyl (C=O) groups excluding carboxylic acids is 2. The third-order valence-corrected chi connectivity index (χ3v) is 6.11. The first-order chi connectivity index (χ1) is 14.0. The SMILES string of the molecule is CCc1cccc(C)c1NC(=O)C1(C(=O)N2CCN(c3ccccn3)CC2)CC1. The molecule has 6 nitrogen and oxygen atoms in total. The van der Waals surface area contributed by atoms with Crippen molar-refractivity contribution in [3.05, 3.63) is 53.7 Å². The maximum absolute atomic E-state index is 13.2. The molecule has 2 fully saturated rings. The van der Waals surface area contributed by atoms with Crippen LogP contribution in [0.4, 0.5) is 11.5 Å². The fraction of sp³-hybridized carbons (Fsp3) is 0.435. The molecule has 1 saturated heterocycles. The van der Waals surface area contributed by atoms with Gasteiger partial charge in [0.2, 0.25) is 11.8 Å². The molecule has 0 unspecified atom stereocenters. The molecule has 2 aromatic rings. The molecule has 1 aromatic carbocycles. The van der Waals surface area contributed by atoms with Gasteiger partial charge in [0.15, 0.2) is 0 Å². The summed E-state index contributed by atoms with van der Waals surface area (Å²) in [6.45, 7) is 6.77. The number of nitrogens with zero attached hydrogens (tertiary/aromatic N) is 3. The second-order valence-corrected chi connectivity index (χ2v) is 7.97. The van der Waals surface area contributed by atoms with Crippen molar-refractivity contribution < 1.29 is 9.59 Å². The van der Waals surface area contributed by atoms with Crippen LogP contribution in [-0.2, 0) is 16.0 Å². The van der Waals surface area contributed by atoms with Crippen LogP contribution in [0.2, 0.25) is 0 Å². The smallest absolute Gasteiger partial charge is 0.240 e. The Morgan fingerprint density at radius 2 is 1.83 bits per heavy atom. The van der Waals surface area contributed by atoms with Crippen LogP contribution in [-0.4, -0.2) is 47.9 Å². The summed E-state index contributed by atoms with van der Waals surface area (Å²) in [5.41, 5.74) is 2.11. The summed E-state index contributed by atoms with van der Waals surface area (Å²) in [5.74, 6) is 0.756. The highest BCUT2D eigenvalue weighted by atomic mass is 16.2. The number of aryl methyl sites for hydroxylation is 2. The second kappa shape index (κ2) is 7.85. The molecule has 1 saturated carbocycles. The average molecular weight is 393 g/mol. The molecule has 1 N–H and O–H groups in total. The van der Waals surface area contributed by atoms with Crippen LogP contribution < -0.4 is 10.2 Å². The molecule has 0 atom stereocenters. The molecule has 4 rings (SSSR count). The quantitative estimate of drug-likeness (QED) is 0.795. The van der Waals surface area contributed by atoms with E-state index in [-0.39, 0.29) is 11.8 Å². The van der Waals surface area contributed by atoms with Crippen molar-refractivity contribution in [3.8, 4) is 0 Å². The van der Waals surface area contributed by atoms with Crippen LogP contribution in [0.15, 0.2) is 42.6 Å². The molecule has 1 aliphatic heterocycles. The number of para-hydroxylation sites is 1. The molecule has 2 heterocycles. The van der Waals surface area contributed by atoms with E-state index in [9.17, 15) is 9.59 Å². The Balaban J connectivity index is 1.42. The average Bonchev–Trinajstić information content (AvgIpc) is 3.57. The third-order valence-electron chi connectivity index (χ3n) is 6.11. The number of carbonyl (C=O) groups is 2. The topological polar surface area (TPSA) is 65.5 Å². The van der Waals surface area contributed by atoms with Gasteiger partial charge in [0.25, 0.3) is 0 Å². The molecule has 2 aliphatic rings. The maximum atomic E-state index is 13.2. The Morgan fingerprint density at radius 3 is 2.45 bits per heavy atom. The van der Waals surface area contributed by atoms with Gasteiger partial charge >= 0.3 is 0 Å². The first kappa shape index (κ1) is 19.4. The molecule has 0 bridgehead atoms. The number of pyridine rings is 1. The van der Waals surface area contributed by atoms with E-state index in [1.165, 1.54) is 0 Å². The second-order valence-electron chi connectivity index (χ2n) is 7.97. The summed E-state index contributed by atoms with van der Waals surface area (Å²) in [7, 11) is 0. The largest absolute Gasteiger partial charge is 0.353 e. The zero-order valence-corrected chi connectivity index (χ0v) is 17.1. The molecular formula is C23H28N4O2. The lowest BCUT2D eigenvalue weighted by Crippen LogP contribution is -2.52. The van der Waals surface area contributed by atoms with Gasteiger partial charge in [-0.05, 0) is 49.4 Å². The molecule has 1 aliphatic carbocycles. The van der Waals surface area contributed by atoms with Crippen molar-refractivity contribution in [2.45, 2.75) is 33.1 Å². The number of piperazine rings is 1. The summed E-state index contributed by atoms with van der Waals surface area (Å²) in [4.78, 5) is 34.8. The first-order valence-electron chi connectivity index (χ1n) is 10.4. The Hall–Kier alpha value is -2.89. The van der Waals surface area contributed by atoms with Gasteiger partial charge in [-0.25, -0.2) is 4.98 Å². The van der Waals surface area contributed by atoms with Gasteiger partial charge in [-0.1, -0.05) is 31.2 Å². The van der Waals surface area contributed by atoms with E-state index in [1.54, 1.807) is 6.20 Å². The van der Waals surface area contributed by atoms with Gasteiger partial charge in [-0.15, -0.1) is 0 Å². The van der Waals surface area contributed by atoms with Crippen molar-refractivity contribution in [2.24, 2.45) is 5.41 Å². The molecule has 152 valence electrons. The number of benzene rings is 1. The summed E-state index contributed by atoms with van der Waals surface area (Å²) < 4.78 is 0. The van der Waals surface area contributed by atoms with Crippen molar-refractivity contribution >= 4 is 23.3 Å². The summed E-state index contributed by atoms with van der Waals surface area (Å²) in [6, 6.07) is 11.9. The first-order valence-corrected chi connectivity index (χ1v) is 10.4. The lowest BCUT2D eigenvalue weighted by Gasteiger charge is -2.37. The minimum absolute atomic E-state index is 0.0256. The highest BCUT2D eigenvalue weighted by molar-refractivity contribution is 6.13. The van der Waals surface area contributed by atoms with Crippen molar-refractivity contribution in [1.82, 2.24) is 9.88 Å². The predicted molar refractivity (Wildman–Crippen MR) is 114 cm³/mol. The summed E-state index contributed by atoms with van der Waals surface area (Å²) >= 11 is 0. The van der Waals surface area contributed by atoms with Gasteiger partial charge in [-0.3, -0.25) is 9.59 Å². The molecule has 2 amide bonds. The van der Waals surface area contributed by atoms with E-state index in [0.717, 1.165) is 42.1 Å². The van der Waals surface area contributed by atoms with E-state index >= 15 is 0 Å². The van der Waals surface area contributed by atoms with E-state index in [4.69, 9.17) is 0 Å². The van der Waals surface area contributed by atoms with Crippen LogP contribution in [0.1, 0.15) is 30.9 Å². The van der Waals surface area contributed by atoms with E-state index in [1.807, 2.05) is 48.2 Å². The monoisotopic (exact) mass is 392 g/mol. The molecule has 0 radical (unpaired) electrons. The number of nitrogens with one attached hydrogen (secondary N) is 1. The summed E-state index contributed by atoms with van der Waals surface area (Å²) in [5, 5.41) is 3.08. The number of aromatic nitrogens is 1. The van der Waals surface area contributed by atoms with Gasteiger partial charge in [0.1, 0.15) is 11.2 Å². The Kier molecular flexibility index (Phi) is 5.26. The fourth-order valence-corrected chi connectivity index (χ4v) is 4.08. The van der Waals surface area contributed by atoms with Crippen LogP contribution in [0.5, 0.6) is 0 Å². The van der Waals surface area contributed by atoms with Gasteiger partial charge < -0.3 is 15.1 Å². The van der Waals surface area contributed by atoms with Crippen LogP contribution in [0.3, 0.4) is 0 Å². The Labute approximate surface area is 171 Å². The number of anilines is 2. The van der Waals surface area contributed by atoms with Crippen molar-refractivity contribution in [3.63, 3.8) is 0 Å². The molecule has 6 heteroatoms. The third kappa shape index (κ3) is 3.71. The van der Waals surface area contributed by atoms with Crippen molar-refractivity contribution in [2.75, 3.05) is 36.4 Å². The number of hydrogen-bond acceptors (Lipinski definition) is 4. The Bertz CT molecular complexity index is 900. The Morgan fingerprint density at radius 1 is 1.07 bits per heavy atom. The number of rotatable bonds is 5. The zero-order valence-electron chi connectivity index (χ0n) is 17.1. The highest BCUT2D eigenvalue weighted by Crippen LogP contribution is 2.48. The van der Waals surface area contributed by atoms with Gasteiger partial charge in [0, 0.05) is 38.1 Å². The minimum atomic E-state index is -0.888. The molecular weight excluding hydrogens is 364 g/mol. The summed E-state index contributed by atoms with van der Waals surface area (Å²) in [6.07, 6.45) is 3.89. The van der Waals surface area contributed by atoms with E-state index in [0.29, 0.717) is 25.9 Å². The predicted octanol–water partition coefficient (Wildman–Crippen LogP) is 3.02. The fourth-order valence-electron chi connectivity index (χ4n) is 4.08. The molecule has 0 spiro atoms. The lowest BCUT2D eigenvalue weighted by molar-refractivity contribution is -0.142. The zero-order chi connectivity index (χ0) is 20.4. The minimum Gasteiger partial charge on any atom is -0.353 e. The molecule has 29 heavy (non-hydrogen) atoms.